The lowest BCUT2D eigenvalue weighted by molar-refractivity contribution is -0.140. The number of Topliss-reactive ketones (excluding diaryl/α,β-unsaturated/α-hetero) is 1. The van der Waals surface area contributed by atoms with Crippen molar-refractivity contribution in [1.29, 1.82) is 0 Å². The third-order valence-electron chi connectivity index (χ3n) is 4.99. The number of alkyl carbamates (subject to hydrolysis) is 1. The molecule has 1 unspecified atom stereocenters. The van der Waals surface area contributed by atoms with Crippen LogP contribution in [0.25, 0.3) is 11.1 Å². The Morgan fingerprint density at radius 1 is 1.00 bits per heavy atom. The summed E-state index contributed by atoms with van der Waals surface area (Å²) in [4.78, 5) is 35.3. The zero-order valence-corrected chi connectivity index (χ0v) is 15.9. The van der Waals surface area contributed by atoms with E-state index in [4.69, 9.17) is 4.74 Å². The van der Waals surface area contributed by atoms with E-state index in [9.17, 15) is 14.4 Å². The number of amides is 1. The first-order valence-corrected chi connectivity index (χ1v) is 9.20. The molecule has 6 heteroatoms. The van der Waals surface area contributed by atoms with Gasteiger partial charge in [0.2, 0.25) is 0 Å². The smallest absolute Gasteiger partial charge is 0.407 e. The Bertz CT molecular complexity index is 847. The van der Waals surface area contributed by atoms with Crippen molar-refractivity contribution in [3.63, 3.8) is 0 Å². The molecule has 2 aromatic rings. The van der Waals surface area contributed by atoms with Gasteiger partial charge in [-0.3, -0.25) is 9.59 Å². The molecular formula is C22H23NO5. The van der Waals surface area contributed by atoms with Crippen LogP contribution < -0.4 is 5.32 Å². The molecule has 0 spiro atoms. The first-order chi connectivity index (χ1) is 13.5. The predicted octanol–water partition coefficient (Wildman–Crippen LogP) is 3.44. The van der Waals surface area contributed by atoms with Crippen LogP contribution >= 0.6 is 0 Å². The van der Waals surface area contributed by atoms with Gasteiger partial charge in [0, 0.05) is 12.3 Å². The van der Waals surface area contributed by atoms with Gasteiger partial charge in [-0.2, -0.15) is 0 Å². The molecule has 0 fully saturated rings. The SMILES string of the molecule is COC(=O)CCC(NC(=O)OCC1c2ccccc2-c2ccccc21)C(C)=O. The molecule has 0 radical (unpaired) electrons. The Morgan fingerprint density at radius 2 is 1.57 bits per heavy atom. The molecule has 0 aliphatic heterocycles. The number of carbonyl (C=O) groups is 3. The van der Waals surface area contributed by atoms with E-state index in [-0.39, 0.29) is 31.1 Å². The van der Waals surface area contributed by atoms with Gasteiger partial charge >= 0.3 is 12.1 Å². The van der Waals surface area contributed by atoms with Crippen LogP contribution in [0.2, 0.25) is 0 Å². The van der Waals surface area contributed by atoms with E-state index < -0.39 is 18.1 Å². The van der Waals surface area contributed by atoms with Crippen LogP contribution in [0.5, 0.6) is 0 Å². The molecule has 0 aromatic heterocycles. The number of benzene rings is 2. The third-order valence-corrected chi connectivity index (χ3v) is 4.99. The van der Waals surface area contributed by atoms with E-state index >= 15 is 0 Å². The highest BCUT2D eigenvalue weighted by atomic mass is 16.5. The third kappa shape index (κ3) is 4.22. The maximum absolute atomic E-state index is 12.3. The molecule has 0 saturated carbocycles. The second kappa shape index (κ2) is 8.69. The molecule has 1 amide bonds. The van der Waals surface area contributed by atoms with E-state index in [0.717, 1.165) is 22.3 Å². The monoisotopic (exact) mass is 381 g/mol. The minimum absolute atomic E-state index is 0.0460. The fourth-order valence-electron chi connectivity index (χ4n) is 3.52. The van der Waals surface area contributed by atoms with Crippen molar-refractivity contribution in [3.8, 4) is 11.1 Å². The van der Waals surface area contributed by atoms with Crippen molar-refractivity contribution in [2.75, 3.05) is 13.7 Å². The maximum atomic E-state index is 12.3. The standard InChI is InChI=1S/C22H23NO5/c1-14(24)20(11-12-21(25)27-2)23-22(26)28-13-19-17-9-5-3-7-15(17)16-8-4-6-10-18(16)19/h3-10,19-20H,11-13H2,1-2H3,(H,23,26). The lowest BCUT2D eigenvalue weighted by Gasteiger charge is -2.18. The number of carbonyl (C=O) groups excluding carboxylic acids is 3. The topological polar surface area (TPSA) is 81.7 Å². The van der Waals surface area contributed by atoms with Crippen LogP contribution in [0.4, 0.5) is 4.79 Å². The number of hydrogen-bond acceptors (Lipinski definition) is 5. The summed E-state index contributed by atoms with van der Waals surface area (Å²) in [6, 6.07) is 15.3. The molecule has 0 saturated heterocycles. The Morgan fingerprint density at radius 3 is 2.11 bits per heavy atom. The number of hydrogen-bond donors (Lipinski definition) is 1. The van der Waals surface area contributed by atoms with E-state index in [1.807, 2.05) is 36.4 Å². The van der Waals surface area contributed by atoms with Crippen molar-refractivity contribution >= 4 is 17.8 Å². The fraction of sp³-hybridized carbons (Fsp3) is 0.318. The zero-order valence-electron chi connectivity index (χ0n) is 15.9. The second-order valence-electron chi connectivity index (χ2n) is 6.75. The lowest BCUT2D eigenvalue weighted by atomic mass is 9.98. The van der Waals surface area contributed by atoms with Crippen LogP contribution in [0.15, 0.2) is 48.5 Å². The predicted molar refractivity (Wildman–Crippen MR) is 104 cm³/mol. The van der Waals surface area contributed by atoms with Gasteiger partial charge in [-0.05, 0) is 35.6 Å². The highest BCUT2D eigenvalue weighted by Crippen LogP contribution is 2.44. The van der Waals surface area contributed by atoms with Crippen LogP contribution in [-0.2, 0) is 19.1 Å². The molecule has 1 aliphatic rings. The number of ether oxygens (including phenoxy) is 2. The highest BCUT2D eigenvalue weighted by Gasteiger charge is 2.29. The Hall–Kier alpha value is -3.15. The second-order valence-corrected chi connectivity index (χ2v) is 6.75. The first kappa shape index (κ1) is 19.6. The van der Waals surface area contributed by atoms with Crippen LogP contribution in [0, 0.1) is 0 Å². The van der Waals surface area contributed by atoms with Crippen LogP contribution in [0.1, 0.15) is 36.8 Å². The molecule has 1 atom stereocenters. The van der Waals surface area contributed by atoms with Gasteiger partial charge in [0.25, 0.3) is 0 Å². The Labute approximate surface area is 163 Å². The molecule has 28 heavy (non-hydrogen) atoms. The molecule has 3 rings (SSSR count). The summed E-state index contributed by atoms with van der Waals surface area (Å²) in [7, 11) is 1.28. The van der Waals surface area contributed by atoms with Crippen molar-refractivity contribution in [3.05, 3.63) is 59.7 Å². The quantitative estimate of drug-likeness (QED) is 0.743. The summed E-state index contributed by atoms with van der Waals surface area (Å²) in [5, 5.41) is 2.55. The van der Waals surface area contributed by atoms with Crippen molar-refractivity contribution < 1.29 is 23.9 Å². The molecular weight excluding hydrogens is 358 g/mol. The van der Waals surface area contributed by atoms with Gasteiger partial charge in [0.05, 0.1) is 13.2 Å². The number of rotatable bonds is 7. The molecule has 6 nitrogen and oxygen atoms in total. The van der Waals surface area contributed by atoms with Crippen molar-refractivity contribution in [1.82, 2.24) is 5.32 Å². The number of ketones is 1. The highest BCUT2D eigenvalue weighted by molar-refractivity contribution is 5.86. The Balaban J connectivity index is 1.64. The summed E-state index contributed by atoms with van der Waals surface area (Å²) >= 11 is 0. The molecule has 1 aliphatic carbocycles. The van der Waals surface area contributed by atoms with Crippen LogP contribution in [0.3, 0.4) is 0 Å². The minimum Gasteiger partial charge on any atom is -0.469 e. The Kier molecular flexibility index (Phi) is 6.09. The fourth-order valence-corrected chi connectivity index (χ4v) is 3.52. The molecule has 1 N–H and O–H groups in total. The summed E-state index contributed by atoms with van der Waals surface area (Å²) < 4.78 is 10.0. The van der Waals surface area contributed by atoms with Gasteiger partial charge in [-0.1, -0.05) is 48.5 Å². The average Bonchev–Trinajstić information content (AvgIpc) is 3.03. The molecule has 0 heterocycles. The maximum Gasteiger partial charge on any atom is 0.407 e. The van der Waals surface area contributed by atoms with E-state index in [1.165, 1.54) is 14.0 Å². The number of methoxy groups -OCH3 is 1. The van der Waals surface area contributed by atoms with E-state index in [2.05, 4.69) is 22.2 Å². The van der Waals surface area contributed by atoms with E-state index in [0.29, 0.717) is 0 Å². The summed E-state index contributed by atoms with van der Waals surface area (Å²) in [5.74, 6) is -0.720. The average molecular weight is 381 g/mol. The minimum atomic E-state index is -0.783. The normalized spacial score (nSPS) is 13.2. The summed E-state index contributed by atoms with van der Waals surface area (Å²) in [5.41, 5.74) is 4.52. The van der Waals surface area contributed by atoms with E-state index in [1.54, 1.807) is 0 Å². The van der Waals surface area contributed by atoms with Gasteiger partial charge in [0.1, 0.15) is 6.61 Å². The van der Waals surface area contributed by atoms with Gasteiger partial charge < -0.3 is 14.8 Å². The van der Waals surface area contributed by atoms with Gasteiger partial charge in [-0.15, -0.1) is 0 Å². The number of nitrogens with one attached hydrogen (secondary N) is 1. The first-order valence-electron chi connectivity index (χ1n) is 9.20. The zero-order chi connectivity index (χ0) is 20.1. The largest absolute Gasteiger partial charge is 0.469 e. The molecule has 146 valence electrons. The lowest BCUT2D eigenvalue weighted by Crippen LogP contribution is -2.40. The van der Waals surface area contributed by atoms with Gasteiger partial charge in [-0.25, -0.2) is 4.79 Å². The van der Waals surface area contributed by atoms with Crippen molar-refractivity contribution in [2.24, 2.45) is 0 Å². The molecule has 0 bridgehead atoms. The summed E-state index contributed by atoms with van der Waals surface area (Å²) in [6.07, 6.45) is -0.455. The van der Waals surface area contributed by atoms with Crippen LogP contribution in [-0.4, -0.2) is 37.6 Å². The van der Waals surface area contributed by atoms with Crippen molar-refractivity contribution in [2.45, 2.75) is 31.7 Å². The molecule has 2 aromatic carbocycles. The number of fused-ring (bicyclic) bond motifs is 3. The number of esters is 1. The summed E-state index contributed by atoms with van der Waals surface area (Å²) in [6.45, 7) is 1.53. The van der Waals surface area contributed by atoms with Gasteiger partial charge in [0.15, 0.2) is 5.78 Å².